The summed E-state index contributed by atoms with van der Waals surface area (Å²) in [6, 6.07) is 6.54. The van der Waals surface area contributed by atoms with Gasteiger partial charge in [0.25, 0.3) is 0 Å². The number of halogens is 7. The molecular formula is C14H11ClF6O3S2. The van der Waals surface area contributed by atoms with Gasteiger partial charge in [0.05, 0.1) is 10.5 Å². The number of hydrogen-bond acceptors (Lipinski definition) is 3. The van der Waals surface area contributed by atoms with Crippen LogP contribution >= 0.6 is 22.1 Å². The van der Waals surface area contributed by atoms with E-state index in [1.165, 1.54) is 6.07 Å². The van der Waals surface area contributed by atoms with Gasteiger partial charge in [0, 0.05) is 28.5 Å². The Hall–Kier alpha value is -1.04. The van der Waals surface area contributed by atoms with Crippen molar-refractivity contribution >= 4 is 42.3 Å². The molecule has 0 bridgehead atoms. The van der Waals surface area contributed by atoms with Crippen molar-refractivity contribution in [2.45, 2.75) is 36.2 Å². The summed E-state index contributed by atoms with van der Waals surface area (Å²) in [5.74, 6) is 0.112. The second-order valence-corrected chi connectivity index (χ2v) is 9.30. The van der Waals surface area contributed by atoms with Gasteiger partial charge in [0.15, 0.2) is 19.7 Å². The summed E-state index contributed by atoms with van der Waals surface area (Å²) >= 11 is 5.83. The van der Waals surface area contributed by atoms with Gasteiger partial charge in [0.2, 0.25) is 0 Å². The maximum absolute atomic E-state index is 13.3. The molecule has 3 nitrogen and oxygen atoms in total. The van der Waals surface area contributed by atoms with Gasteiger partial charge in [-0.3, -0.25) is 0 Å². The maximum atomic E-state index is 13.3. The molecule has 0 aliphatic heterocycles. The molecule has 0 N–H and O–H groups in total. The third kappa shape index (κ3) is 4.62. The van der Waals surface area contributed by atoms with Crippen LogP contribution in [0.1, 0.15) is 30.1 Å². The van der Waals surface area contributed by atoms with Crippen LogP contribution in [-0.4, -0.2) is 18.5 Å². The van der Waals surface area contributed by atoms with Crippen LogP contribution in [0.2, 0.25) is 5.02 Å². The molecule has 0 saturated heterocycles. The summed E-state index contributed by atoms with van der Waals surface area (Å²) in [6.45, 7) is 0. The first-order valence-electron chi connectivity index (χ1n) is 7.06. The summed E-state index contributed by atoms with van der Waals surface area (Å²) < 4.78 is 99.1. The Labute approximate surface area is 152 Å². The number of fused-ring (bicyclic) bond motifs is 1. The molecule has 146 valence electrons. The molecule has 0 amide bonds. The molecule has 2 aromatic rings. The summed E-state index contributed by atoms with van der Waals surface area (Å²) in [5.41, 5.74) is -9.84. The van der Waals surface area contributed by atoms with E-state index < -0.39 is 31.6 Å². The lowest BCUT2D eigenvalue weighted by Gasteiger charge is -2.21. The zero-order valence-corrected chi connectivity index (χ0v) is 15.1. The fraction of sp³-hybridized carbons (Fsp3) is 0.429. The monoisotopic (exact) mass is 440 g/mol. The lowest BCUT2D eigenvalue weighted by molar-refractivity contribution is -0.0868. The Bertz CT molecular complexity index is 898. The molecule has 0 radical (unpaired) electrons. The number of rotatable bonds is 1. The van der Waals surface area contributed by atoms with Crippen molar-refractivity contribution in [2.75, 3.05) is 0 Å². The average molecular weight is 441 g/mol. The van der Waals surface area contributed by atoms with Crippen LogP contribution in [0.25, 0.3) is 10.1 Å². The molecule has 1 aromatic carbocycles. The number of hydrogen-bond donors (Lipinski definition) is 0. The van der Waals surface area contributed by atoms with Crippen LogP contribution in [0.15, 0.2) is 24.3 Å². The van der Waals surface area contributed by atoms with E-state index in [0.29, 0.717) is 20.0 Å². The van der Waals surface area contributed by atoms with Crippen LogP contribution in [0.5, 0.6) is 0 Å². The van der Waals surface area contributed by atoms with E-state index in [0.717, 1.165) is 19.3 Å². The van der Waals surface area contributed by atoms with Gasteiger partial charge in [-0.05, 0) is 25.0 Å². The molecule has 1 aromatic heterocycles. The van der Waals surface area contributed by atoms with Crippen LogP contribution in [-0.2, 0) is 15.6 Å². The van der Waals surface area contributed by atoms with Gasteiger partial charge in [-0.25, -0.2) is 8.42 Å². The highest BCUT2D eigenvalue weighted by Crippen LogP contribution is 2.56. The van der Waals surface area contributed by atoms with Crippen molar-refractivity contribution in [3.63, 3.8) is 0 Å². The first-order valence-corrected chi connectivity index (χ1v) is 10.1. The number of thiophene rings is 1. The topological polar surface area (TPSA) is 57.2 Å². The van der Waals surface area contributed by atoms with E-state index in [9.17, 15) is 26.3 Å². The molecule has 1 fully saturated rings. The van der Waals surface area contributed by atoms with Gasteiger partial charge in [0.1, 0.15) is 0 Å². The molecule has 1 unspecified atom stereocenters. The molecule has 12 heteroatoms. The minimum absolute atomic E-state index is 0.112. The van der Waals surface area contributed by atoms with Crippen LogP contribution < -0.4 is 0 Å². The van der Waals surface area contributed by atoms with E-state index in [2.05, 4.69) is 0 Å². The van der Waals surface area contributed by atoms with Crippen LogP contribution in [0, 0.1) is 0 Å². The minimum atomic E-state index is -6.09. The average Bonchev–Trinajstić information content (AvgIpc) is 2.72. The molecule has 0 spiro atoms. The molecule has 1 aliphatic carbocycles. The predicted octanol–water partition coefficient (Wildman–Crippen LogP) is 6.04. The Morgan fingerprint density at radius 1 is 1.08 bits per heavy atom. The standard InChI is InChI=1S/C13H11ClF3S.CHF3O3S/c14-10-5-4-9-6-11(8-2-1-3-8)18(12(9)7-10)13(15,16)17;2-1(3,4)8(5,6)7/h4-8H,1-3H2;(H,5,6,7)/q+1;/p-1. The number of alkyl halides is 6. The summed E-state index contributed by atoms with van der Waals surface area (Å²) in [6.07, 6.45) is 2.80. The second-order valence-electron chi connectivity index (χ2n) is 5.51. The quantitative estimate of drug-likeness (QED) is 0.235. The second kappa shape index (κ2) is 7.17. The summed E-state index contributed by atoms with van der Waals surface area (Å²) in [7, 11) is -7.86. The van der Waals surface area contributed by atoms with Crippen molar-refractivity contribution < 1.29 is 39.3 Å². The highest BCUT2D eigenvalue weighted by atomic mass is 35.5. The minimum Gasteiger partial charge on any atom is -0.741 e. The molecule has 3 rings (SSSR count). The van der Waals surface area contributed by atoms with E-state index in [1.807, 2.05) is 0 Å². The third-order valence-corrected chi connectivity index (χ3v) is 6.73. The van der Waals surface area contributed by atoms with Crippen molar-refractivity contribution in [3.8, 4) is 0 Å². The number of benzene rings is 1. The fourth-order valence-electron chi connectivity index (χ4n) is 2.38. The smallest absolute Gasteiger partial charge is 0.600 e. The van der Waals surface area contributed by atoms with Gasteiger partial charge in [-0.15, -0.1) is 13.2 Å². The van der Waals surface area contributed by atoms with Gasteiger partial charge in [-0.1, -0.05) is 18.0 Å². The molecule has 26 heavy (non-hydrogen) atoms. The molecule has 1 aliphatic rings. The lowest BCUT2D eigenvalue weighted by atomic mass is 9.84. The van der Waals surface area contributed by atoms with E-state index >= 15 is 0 Å². The van der Waals surface area contributed by atoms with E-state index in [1.54, 1.807) is 18.2 Å². The van der Waals surface area contributed by atoms with E-state index in [4.69, 9.17) is 24.6 Å². The maximum Gasteiger partial charge on any atom is 0.600 e. The lowest BCUT2D eigenvalue weighted by Crippen LogP contribution is -2.21. The third-order valence-electron chi connectivity index (χ3n) is 3.75. The highest BCUT2D eigenvalue weighted by Gasteiger charge is 2.50. The Morgan fingerprint density at radius 3 is 2.00 bits per heavy atom. The zero-order chi connectivity index (χ0) is 19.9. The highest BCUT2D eigenvalue weighted by molar-refractivity contribution is 7.86. The van der Waals surface area contributed by atoms with Crippen molar-refractivity contribution in [3.05, 3.63) is 34.2 Å². The molecular weight excluding hydrogens is 430 g/mol. The first kappa shape index (κ1) is 21.3. The van der Waals surface area contributed by atoms with Crippen molar-refractivity contribution in [1.82, 2.24) is 0 Å². The summed E-state index contributed by atoms with van der Waals surface area (Å²) in [5, 5.41) is 1.06. The predicted molar refractivity (Wildman–Crippen MR) is 85.1 cm³/mol. The normalized spacial score (nSPS) is 16.8. The Kier molecular flexibility index (Phi) is 5.87. The largest absolute Gasteiger partial charge is 0.741 e. The molecule has 1 heterocycles. The van der Waals surface area contributed by atoms with Crippen LogP contribution in [0.4, 0.5) is 26.3 Å². The van der Waals surface area contributed by atoms with E-state index in [-0.39, 0.29) is 5.92 Å². The van der Waals surface area contributed by atoms with Crippen LogP contribution in [0.3, 0.4) is 0 Å². The Morgan fingerprint density at radius 2 is 1.62 bits per heavy atom. The van der Waals surface area contributed by atoms with Gasteiger partial charge >= 0.3 is 11.0 Å². The van der Waals surface area contributed by atoms with Gasteiger partial charge in [-0.2, -0.15) is 13.2 Å². The fourth-order valence-corrected chi connectivity index (χ4v) is 4.81. The molecule has 1 atom stereocenters. The van der Waals surface area contributed by atoms with Gasteiger partial charge < -0.3 is 4.55 Å². The first-order chi connectivity index (χ1) is 11.7. The molecule has 1 saturated carbocycles. The van der Waals surface area contributed by atoms with Crippen molar-refractivity contribution in [2.24, 2.45) is 0 Å². The Balaban J connectivity index is 0.000000260. The van der Waals surface area contributed by atoms with Crippen molar-refractivity contribution in [1.29, 1.82) is 0 Å². The SMILES string of the molecule is FC(F)(F)[s+]1c(C2CCC2)cc2ccc(Cl)cc21.O=S(=O)([O-])C(F)(F)F. The summed E-state index contributed by atoms with van der Waals surface area (Å²) in [4.78, 5) is 0.561. The zero-order valence-electron chi connectivity index (χ0n) is 12.7.